The van der Waals surface area contributed by atoms with Crippen molar-refractivity contribution in [1.29, 1.82) is 0 Å². The summed E-state index contributed by atoms with van der Waals surface area (Å²) in [6, 6.07) is 7.99. The maximum Gasteiger partial charge on any atom is 0.251 e. The summed E-state index contributed by atoms with van der Waals surface area (Å²) in [7, 11) is 0. The minimum absolute atomic E-state index is 0.0145. The first-order valence-electron chi connectivity index (χ1n) is 11.0. The van der Waals surface area contributed by atoms with Crippen LogP contribution in [0.1, 0.15) is 56.3 Å². The first-order valence-corrected chi connectivity index (χ1v) is 11.0. The lowest BCUT2D eigenvalue weighted by atomic mass is 10.1. The van der Waals surface area contributed by atoms with Gasteiger partial charge in [0.1, 0.15) is 18.5 Å². The molecular weight excluding hydrogens is 352 g/mol. The van der Waals surface area contributed by atoms with E-state index in [2.05, 4.69) is 24.1 Å². The zero-order chi connectivity index (χ0) is 19.5. The molecular formula is C23H34N2O3. The lowest BCUT2D eigenvalue weighted by molar-refractivity contribution is 0.0536. The summed E-state index contributed by atoms with van der Waals surface area (Å²) in [4.78, 5) is 14.7. The average molecular weight is 387 g/mol. The molecule has 0 spiro atoms. The Labute approximate surface area is 168 Å². The standard InChI is InChI=1S/C23H34N2O3/c1-3-16(2)25-13-19(28-15-25)14-27-18-9-7-17(8-10-18)23(26)24-12-11-22-20-5-4-6-21(20)22/h7-10,16,19-22H,3-6,11-15H2,1-2H3,(H,24,26). The Morgan fingerprint density at radius 1 is 1.29 bits per heavy atom. The Hall–Kier alpha value is -1.59. The number of hydrogen-bond donors (Lipinski definition) is 1. The fourth-order valence-electron chi connectivity index (χ4n) is 4.98. The van der Waals surface area contributed by atoms with Crippen LogP contribution in [0.25, 0.3) is 0 Å². The van der Waals surface area contributed by atoms with Crippen LogP contribution in [0.5, 0.6) is 5.75 Å². The van der Waals surface area contributed by atoms with Crippen molar-refractivity contribution in [3.63, 3.8) is 0 Å². The molecule has 1 aromatic rings. The molecule has 154 valence electrons. The molecule has 0 radical (unpaired) electrons. The highest BCUT2D eigenvalue weighted by atomic mass is 16.5. The Bertz CT molecular complexity index is 652. The summed E-state index contributed by atoms with van der Waals surface area (Å²) in [5.74, 6) is 3.61. The Morgan fingerprint density at radius 3 is 2.75 bits per heavy atom. The van der Waals surface area contributed by atoms with Crippen LogP contribution in [-0.4, -0.2) is 49.4 Å². The highest BCUT2D eigenvalue weighted by Crippen LogP contribution is 2.58. The number of ether oxygens (including phenoxy) is 2. The zero-order valence-electron chi connectivity index (χ0n) is 17.2. The van der Waals surface area contributed by atoms with E-state index in [1.807, 2.05) is 24.3 Å². The van der Waals surface area contributed by atoms with Gasteiger partial charge in [-0.15, -0.1) is 0 Å². The van der Waals surface area contributed by atoms with Gasteiger partial charge in [-0.25, -0.2) is 0 Å². The largest absolute Gasteiger partial charge is 0.491 e. The third-order valence-corrected chi connectivity index (χ3v) is 7.03. The summed E-state index contributed by atoms with van der Waals surface area (Å²) in [6.45, 7) is 7.36. The average Bonchev–Trinajstić information content (AvgIpc) is 3.12. The molecule has 3 aliphatic rings. The molecule has 28 heavy (non-hydrogen) atoms. The van der Waals surface area contributed by atoms with Gasteiger partial charge in [0.05, 0.1) is 6.73 Å². The predicted molar refractivity (Wildman–Crippen MR) is 109 cm³/mol. The maximum absolute atomic E-state index is 12.3. The lowest BCUT2D eigenvalue weighted by Gasteiger charge is -2.20. The van der Waals surface area contributed by atoms with Crippen molar-refractivity contribution in [2.45, 2.75) is 58.1 Å². The number of benzene rings is 1. The summed E-state index contributed by atoms with van der Waals surface area (Å²) in [5.41, 5.74) is 0.698. The molecule has 5 heteroatoms. The molecule has 1 aliphatic heterocycles. The third kappa shape index (κ3) is 4.52. The number of carbonyl (C=O) groups is 1. The van der Waals surface area contributed by atoms with Gasteiger partial charge in [0.25, 0.3) is 5.91 Å². The van der Waals surface area contributed by atoms with Crippen LogP contribution < -0.4 is 10.1 Å². The molecule has 1 heterocycles. The van der Waals surface area contributed by atoms with Crippen molar-refractivity contribution in [1.82, 2.24) is 10.2 Å². The molecule has 0 aromatic heterocycles. The number of rotatable bonds is 9. The van der Waals surface area contributed by atoms with Gasteiger partial charge in [0, 0.05) is 24.7 Å². The van der Waals surface area contributed by atoms with E-state index in [0.717, 1.165) is 49.4 Å². The highest BCUT2D eigenvalue weighted by Gasteiger charge is 2.51. The highest BCUT2D eigenvalue weighted by molar-refractivity contribution is 5.94. The number of fused-ring (bicyclic) bond motifs is 1. The molecule has 4 rings (SSSR count). The van der Waals surface area contributed by atoms with Gasteiger partial charge in [0.2, 0.25) is 0 Å². The first kappa shape index (κ1) is 19.7. The van der Waals surface area contributed by atoms with E-state index >= 15 is 0 Å². The zero-order valence-corrected chi connectivity index (χ0v) is 17.2. The van der Waals surface area contributed by atoms with Gasteiger partial charge in [-0.2, -0.15) is 0 Å². The minimum atomic E-state index is 0.0145. The van der Waals surface area contributed by atoms with Gasteiger partial charge in [0.15, 0.2) is 0 Å². The molecule has 1 aromatic carbocycles. The number of hydrogen-bond acceptors (Lipinski definition) is 4. The molecule has 2 aliphatic carbocycles. The van der Waals surface area contributed by atoms with Crippen LogP contribution in [-0.2, 0) is 4.74 Å². The van der Waals surface area contributed by atoms with Gasteiger partial charge in [-0.05, 0) is 74.6 Å². The molecule has 5 nitrogen and oxygen atoms in total. The molecule has 4 atom stereocenters. The van der Waals surface area contributed by atoms with Crippen molar-refractivity contribution in [3.05, 3.63) is 29.8 Å². The summed E-state index contributed by atoms with van der Waals surface area (Å²) >= 11 is 0. The predicted octanol–water partition coefficient (Wildman–Crippen LogP) is 3.69. The molecule has 0 bridgehead atoms. The second-order valence-corrected chi connectivity index (χ2v) is 8.75. The Kier molecular flexibility index (Phi) is 6.22. The van der Waals surface area contributed by atoms with Gasteiger partial charge < -0.3 is 14.8 Å². The number of nitrogens with zero attached hydrogens (tertiary/aromatic N) is 1. The van der Waals surface area contributed by atoms with E-state index in [9.17, 15) is 4.79 Å². The lowest BCUT2D eigenvalue weighted by Crippen LogP contribution is -2.32. The van der Waals surface area contributed by atoms with Crippen LogP contribution in [0, 0.1) is 17.8 Å². The van der Waals surface area contributed by atoms with Crippen molar-refractivity contribution in [3.8, 4) is 5.75 Å². The van der Waals surface area contributed by atoms with Gasteiger partial charge in [-0.3, -0.25) is 9.69 Å². The topological polar surface area (TPSA) is 50.8 Å². The smallest absolute Gasteiger partial charge is 0.251 e. The molecule has 3 fully saturated rings. The molecule has 2 saturated carbocycles. The summed E-state index contributed by atoms with van der Waals surface area (Å²) in [5, 5.41) is 3.07. The van der Waals surface area contributed by atoms with E-state index in [1.165, 1.54) is 19.3 Å². The number of nitrogens with one attached hydrogen (secondary N) is 1. The first-order chi connectivity index (χ1) is 13.7. The van der Waals surface area contributed by atoms with Crippen molar-refractivity contribution >= 4 is 5.91 Å². The quantitative estimate of drug-likeness (QED) is 0.703. The van der Waals surface area contributed by atoms with Crippen LogP contribution >= 0.6 is 0 Å². The normalized spacial score (nSPS) is 30.1. The monoisotopic (exact) mass is 386 g/mol. The summed E-state index contributed by atoms with van der Waals surface area (Å²) < 4.78 is 11.7. The maximum atomic E-state index is 12.3. The third-order valence-electron chi connectivity index (χ3n) is 7.03. The molecule has 1 saturated heterocycles. The van der Waals surface area contributed by atoms with E-state index < -0.39 is 0 Å². The fraction of sp³-hybridized carbons (Fsp3) is 0.696. The van der Waals surface area contributed by atoms with E-state index in [4.69, 9.17) is 9.47 Å². The summed E-state index contributed by atoms with van der Waals surface area (Å²) in [6.07, 6.45) is 6.60. The second-order valence-electron chi connectivity index (χ2n) is 8.75. The van der Waals surface area contributed by atoms with Gasteiger partial charge >= 0.3 is 0 Å². The Balaban J connectivity index is 1.16. The van der Waals surface area contributed by atoms with E-state index in [1.54, 1.807) is 0 Å². The van der Waals surface area contributed by atoms with Crippen molar-refractivity contribution < 1.29 is 14.3 Å². The van der Waals surface area contributed by atoms with Crippen LogP contribution in [0.3, 0.4) is 0 Å². The SMILES string of the molecule is CCC(C)N1COC(COc2ccc(C(=O)NCCC3C4CCCC43)cc2)C1. The fourth-order valence-corrected chi connectivity index (χ4v) is 4.98. The number of carbonyl (C=O) groups excluding carboxylic acids is 1. The van der Waals surface area contributed by atoms with Crippen LogP contribution in [0.2, 0.25) is 0 Å². The van der Waals surface area contributed by atoms with E-state index in [-0.39, 0.29) is 12.0 Å². The van der Waals surface area contributed by atoms with Crippen LogP contribution in [0.4, 0.5) is 0 Å². The molecule has 1 N–H and O–H groups in total. The number of amides is 1. The molecule has 1 amide bonds. The molecule has 4 unspecified atom stereocenters. The van der Waals surface area contributed by atoms with E-state index in [0.29, 0.717) is 24.9 Å². The van der Waals surface area contributed by atoms with Crippen LogP contribution in [0.15, 0.2) is 24.3 Å². The van der Waals surface area contributed by atoms with Crippen molar-refractivity contribution in [2.24, 2.45) is 17.8 Å². The van der Waals surface area contributed by atoms with Crippen molar-refractivity contribution in [2.75, 3.05) is 26.4 Å². The Morgan fingerprint density at radius 2 is 2.04 bits per heavy atom. The second kappa shape index (κ2) is 8.83. The van der Waals surface area contributed by atoms with Gasteiger partial charge in [-0.1, -0.05) is 13.3 Å². The minimum Gasteiger partial charge on any atom is -0.491 e.